The number of fused-ring (bicyclic) bond motifs is 1. The number of para-hydroxylation sites is 1. The number of β-lactam (4-membered cyclic amide) rings is 1. The Morgan fingerprint density at radius 3 is 1.90 bits per heavy atom. The fourth-order valence-corrected chi connectivity index (χ4v) is 4.52. The predicted octanol–water partition coefficient (Wildman–Crippen LogP) is 3.85. The number of anilines is 1. The summed E-state index contributed by atoms with van der Waals surface area (Å²) in [7, 11) is 0. The van der Waals surface area contributed by atoms with E-state index in [1.54, 1.807) is 24.3 Å². The van der Waals surface area contributed by atoms with Crippen molar-refractivity contribution in [2.24, 2.45) is 0 Å². The Labute approximate surface area is 178 Å². The van der Waals surface area contributed by atoms with Crippen molar-refractivity contribution in [2.45, 2.75) is 18.0 Å². The normalized spacial score (nSPS) is 20.4. The molecular formula is C24H17ClN2O3. The lowest BCUT2D eigenvalue weighted by Crippen LogP contribution is -2.70. The second-order valence-corrected chi connectivity index (χ2v) is 7.79. The maximum absolute atomic E-state index is 13.1. The van der Waals surface area contributed by atoms with Gasteiger partial charge < -0.3 is 0 Å². The van der Waals surface area contributed by atoms with Gasteiger partial charge in [-0.05, 0) is 35.7 Å². The van der Waals surface area contributed by atoms with E-state index in [9.17, 15) is 14.4 Å². The van der Waals surface area contributed by atoms with Gasteiger partial charge in [0.25, 0.3) is 17.7 Å². The number of hydrogen-bond acceptors (Lipinski definition) is 3. The average molecular weight is 417 g/mol. The molecule has 2 aliphatic heterocycles. The highest BCUT2D eigenvalue weighted by Crippen LogP contribution is 2.39. The van der Waals surface area contributed by atoms with Crippen LogP contribution in [0.4, 0.5) is 5.69 Å². The molecular weight excluding hydrogens is 400 g/mol. The van der Waals surface area contributed by atoms with Crippen LogP contribution in [0.1, 0.15) is 31.8 Å². The van der Waals surface area contributed by atoms with Gasteiger partial charge in [0.15, 0.2) is 6.04 Å². The molecule has 30 heavy (non-hydrogen) atoms. The molecule has 148 valence electrons. The van der Waals surface area contributed by atoms with Gasteiger partial charge in [-0.3, -0.25) is 24.2 Å². The standard InChI is InChI=1S/C24H17ClN2O3/c25-21-20(27-22(28)17-11-5-6-12-18(17)23(27)29)24(30)26(21)19-13-7-4-10-16(19)14-15-8-2-1-3-9-15/h1-13,20-21H,14H2/t20-,21+/m1/s1. The summed E-state index contributed by atoms with van der Waals surface area (Å²) < 4.78 is 0. The van der Waals surface area contributed by atoms with E-state index in [0.29, 0.717) is 23.2 Å². The van der Waals surface area contributed by atoms with Crippen molar-refractivity contribution in [3.05, 3.63) is 101 Å². The summed E-state index contributed by atoms with van der Waals surface area (Å²) in [5, 5.41) is 0. The molecule has 3 aromatic carbocycles. The number of rotatable bonds is 4. The summed E-state index contributed by atoms with van der Waals surface area (Å²) in [6.45, 7) is 0. The van der Waals surface area contributed by atoms with E-state index < -0.39 is 23.4 Å². The number of hydrogen-bond donors (Lipinski definition) is 0. The van der Waals surface area contributed by atoms with E-state index in [-0.39, 0.29) is 5.91 Å². The summed E-state index contributed by atoms with van der Waals surface area (Å²) in [4.78, 5) is 41.1. The van der Waals surface area contributed by atoms with Crippen LogP contribution < -0.4 is 4.90 Å². The summed E-state index contributed by atoms with van der Waals surface area (Å²) in [6, 6.07) is 23.0. The topological polar surface area (TPSA) is 57.7 Å². The number of nitrogens with zero attached hydrogens (tertiary/aromatic N) is 2. The van der Waals surface area contributed by atoms with E-state index in [4.69, 9.17) is 11.6 Å². The SMILES string of the molecule is O=C1c2ccccc2C(=O)N1[C@H]1C(=O)N(c2ccccc2Cc2ccccc2)[C@@H]1Cl. The summed E-state index contributed by atoms with van der Waals surface area (Å²) in [5.41, 5.74) is 2.55. The Morgan fingerprint density at radius 2 is 1.27 bits per heavy atom. The van der Waals surface area contributed by atoms with Crippen molar-refractivity contribution in [1.82, 2.24) is 4.90 Å². The molecule has 0 bridgehead atoms. The number of carbonyl (C=O) groups excluding carboxylic acids is 3. The zero-order valence-electron chi connectivity index (χ0n) is 15.9. The van der Waals surface area contributed by atoms with Crippen LogP contribution in [0.5, 0.6) is 0 Å². The van der Waals surface area contributed by atoms with Crippen LogP contribution in [0.15, 0.2) is 78.9 Å². The van der Waals surface area contributed by atoms with E-state index in [1.807, 2.05) is 54.6 Å². The van der Waals surface area contributed by atoms with Crippen molar-refractivity contribution in [2.75, 3.05) is 4.90 Å². The molecule has 5 nitrogen and oxygen atoms in total. The van der Waals surface area contributed by atoms with E-state index in [1.165, 1.54) is 4.90 Å². The molecule has 0 spiro atoms. The summed E-state index contributed by atoms with van der Waals surface area (Å²) >= 11 is 6.60. The molecule has 6 heteroatoms. The molecule has 0 unspecified atom stereocenters. The van der Waals surface area contributed by atoms with Crippen molar-refractivity contribution < 1.29 is 14.4 Å². The molecule has 2 aliphatic rings. The Kier molecular flexibility index (Phi) is 4.40. The van der Waals surface area contributed by atoms with Gasteiger partial charge >= 0.3 is 0 Å². The van der Waals surface area contributed by atoms with Gasteiger partial charge in [-0.1, -0.05) is 72.3 Å². The van der Waals surface area contributed by atoms with Gasteiger partial charge in [0, 0.05) is 5.69 Å². The zero-order chi connectivity index (χ0) is 20.8. The van der Waals surface area contributed by atoms with Crippen molar-refractivity contribution >= 4 is 35.0 Å². The maximum Gasteiger partial charge on any atom is 0.262 e. The molecule has 3 amide bonds. The van der Waals surface area contributed by atoms with Crippen LogP contribution in [-0.4, -0.2) is 34.2 Å². The van der Waals surface area contributed by atoms with Gasteiger partial charge in [-0.2, -0.15) is 0 Å². The summed E-state index contributed by atoms with van der Waals surface area (Å²) in [5.74, 6) is -1.31. The Morgan fingerprint density at radius 1 is 0.700 bits per heavy atom. The molecule has 3 aromatic rings. The van der Waals surface area contributed by atoms with Crippen molar-refractivity contribution in [3.63, 3.8) is 0 Å². The largest absolute Gasteiger partial charge is 0.291 e. The number of carbonyl (C=O) groups is 3. The second-order valence-electron chi connectivity index (χ2n) is 7.34. The van der Waals surface area contributed by atoms with Gasteiger partial charge in [-0.15, -0.1) is 0 Å². The number of benzene rings is 3. The molecule has 2 heterocycles. The molecule has 0 aromatic heterocycles. The van der Waals surface area contributed by atoms with E-state index in [2.05, 4.69) is 0 Å². The monoisotopic (exact) mass is 416 g/mol. The van der Waals surface area contributed by atoms with Crippen LogP contribution in [0, 0.1) is 0 Å². The maximum atomic E-state index is 13.1. The fourth-order valence-electron chi connectivity index (χ4n) is 4.10. The van der Waals surface area contributed by atoms with Crippen molar-refractivity contribution in [1.29, 1.82) is 0 Å². The third-order valence-corrected chi connectivity index (χ3v) is 6.02. The minimum Gasteiger partial charge on any atom is -0.291 e. The number of alkyl halides is 1. The van der Waals surface area contributed by atoms with Gasteiger partial charge in [-0.25, -0.2) is 0 Å². The Hall–Kier alpha value is -3.44. The van der Waals surface area contributed by atoms with E-state index >= 15 is 0 Å². The first-order chi connectivity index (χ1) is 14.6. The summed E-state index contributed by atoms with van der Waals surface area (Å²) in [6.07, 6.45) is 0.641. The lowest BCUT2D eigenvalue weighted by atomic mass is 9.98. The predicted molar refractivity (Wildman–Crippen MR) is 114 cm³/mol. The number of halogens is 1. The third-order valence-electron chi connectivity index (χ3n) is 5.59. The molecule has 0 saturated carbocycles. The minimum atomic E-state index is -1.01. The highest BCUT2D eigenvalue weighted by molar-refractivity contribution is 6.34. The molecule has 0 N–H and O–H groups in total. The minimum absolute atomic E-state index is 0.307. The zero-order valence-corrected chi connectivity index (χ0v) is 16.6. The molecule has 1 saturated heterocycles. The van der Waals surface area contributed by atoms with Crippen LogP contribution in [0.25, 0.3) is 0 Å². The molecule has 1 fully saturated rings. The first kappa shape index (κ1) is 18.6. The Bertz CT molecular complexity index is 1140. The first-order valence-corrected chi connectivity index (χ1v) is 10.1. The van der Waals surface area contributed by atoms with Crippen molar-refractivity contribution in [3.8, 4) is 0 Å². The highest BCUT2D eigenvalue weighted by Gasteiger charge is 2.56. The first-order valence-electron chi connectivity index (χ1n) is 9.64. The molecule has 2 atom stereocenters. The lowest BCUT2D eigenvalue weighted by molar-refractivity contribution is -0.128. The van der Waals surface area contributed by atoms with Gasteiger partial charge in [0.2, 0.25) is 0 Å². The molecule has 0 aliphatic carbocycles. The highest BCUT2D eigenvalue weighted by atomic mass is 35.5. The number of imide groups is 1. The Balaban J connectivity index is 1.43. The van der Waals surface area contributed by atoms with Crippen LogP contribution in [0.2, 0.25) is 0 Å². The quantitative estimate of drug-likeness (QED) is 0.281. The van der Waals surface area contributed by atoms with Gasteiger partial charge in [0.1, 0.15) is 5.50 Å². The van der Waals surface area contributed by atoms with E-state index in [0.717, 1.165) is 16.0 Å². The number of amides is 3. The van der Waals surface area contributed by atoms with Gasteiger partial charge in [0.05, 0.1) is 11.1 Å². The fraction of sp³-hybridized carbons (Fsp3) is 0.125. The smallest absolute Gasteiger partial charge is 0.262 e. The molecule has 0 radical (unpaired) electrons. The molecule has 5 rings (SSSR count). The van der Waals surface area contributed by atoms with Crippen LogP contribution in [0.3, 0.4) is 0 Å². The van der Waals surface area contributed by atoms with Crippen LogP contribution >= 0.6 is 11.6 Å². The average Bonchev–Trinajstić information content (AvgIpc) is 3.01. The second kappa shape index (κ2) is 7.11. The lowest BCUT2D eigenvalue weighted by Gasteiger charge is -2.46. The van der Waals surface area contributed by atoms with Crippen LogP contribution in [-0.2, 0) is 11.2 Å². The third kappa shape index (κ3) is 2.74.